The molecule has 1 aromatic heterocycles. The van der Waals surface area contributed by atoms with Crippen LogP contribution in [0.2, 0.25) is 0 Å². The van der Waals surface area contributed by atoms with Crippen molar-refractivity contribution < 1.29 is 5.11 Å². The Balaban J connectivity index is 2.14. The molecule has 1 N–H and O–H groups in total. The van der Waals surface area contributed by atoms with Gasteiger partial charge in [0.1, 0.15) is 17.9 Å². The Kier molecular flexibility index (Phi) is 3.02. The van der Waals surface area contributed by atoms with Crippen molar-refractivity contribution in [2.45, 2.75) is 31.9 Å². The zero-order valence-corrected chi connectivity index (χ0v) is 9.35. The number of likely N-dealkylation sites (N-methyl/N-ethyl adjacent to an activating group) is 1. The predicted octanol–water partition coefficient (Wildman–Crippen LogP) is 0.209. The monoisotopic (exact) mass is 210 g/mol. The van der Waals surface area contributed by atoms with Crippen molar-refractivity contribution in [2.75, 3.05) is 20.6 Å². The number of aliphatic hydroxyl groups excluding tert-OH is 1. The Morgan fingerprint density at radius 2 is 2.27 bits per heavy atom. The topological polar surface area (TPSA) is 54.2 Å². The van der Waals surface area contributed by atoms with Crippen molar-refractivity contribution in [3.05, 3.63) is 11.6 Å². The van der Waals surface area contributed by atoms with Crippen LogP contribution in [0, 0.1) is 0 Å². The first-order valence-electron chi connectivity index (χ1n) is 5.44. The Morgan fingerprint density at radius 1 is 1.47 bits per heavy atom. The normalized spacial score (nSPS) is 20.7. The first-order chi connectivity index (χ1) is 7.18. The maximum Gasteiger partial charge on any atom is 0.136 e. The molecule has 1 aliphatic rings. The predicted molar refractivity (Wildman–Crippen MR) is 56.5 cm³/mol. The Morgan fingerprint density at radius 3 is 3.00 bits per heavy atom. The van der Waals surface area contributed by atoms with Gasteiger partial charge in [-0.15, -0.1) is 10.2 Å². The number of aromatic nitrogens is 3. The molecule has 0 spiro atoms. The van der Waals surface area contributed by atoms with E-state index in [-0.39, 0.29) is 0 Å². The lowest BCUT2D eigenvalue weighted by Crippen LogP contribution is -2.22. The molecule has 0 bridgehead atoms. The summed E-state index contributed by atoms with van der Waals surface area (Å²) in [5.41, 5.74) is 0. The minimum atomic E-state index is -0.416. The summed E-state index contributed by atoms with van der Waals surface area (Å²) in [7, 11) is 4.06. The third-order valence-electron chi connectivity index (χ3n) is 2.78. The van der Waals surface area contributed by atoms with E-state index in [1.165, 1.54) is 0 Å². The molecule has 0 fully saturated rings. The maximum atomic E-state index is 9.87. The van der Waals surface area contributed by atoms with E-state index in [0.717, 1.165) is 43.9 Å². The van der Waals surface area contributed by atoms with Crippen LogP contribution in [0.4, 0.5) is 0 Å². The van der Waals surface area contributed by atoms with Gasteiger partial charge in [-0.25, -0.2) is 0 Å². The van der Waals surface area contributed by atoms with Crippen LogP contribution in [-0.4, -0.2) is 45.4 Å². The zero-order chi connectivity index (χ0) is 10.8. The molecular weight excluding hydrogens is 192 g/mol. The molecule has 1 unspecified atom stereocenters. The van der Waals surface area contributed by atoms with E-state index in [9.17, 15) is 5.11 Å². The summed E-state index contributed by atoms with van der Waals surface area (Å²) in [5.74, 6) is 1.84. The Bertz CT molecular complexity index is 334. The van der Waals surface area contributed by atoms with E-state index >= 15 is 0 Å². The highest BCUT2D eigenvalue weighted by atomic mass is 16.3. The maximum absolute atomic E-state index is 9.87. The third-order valence-corrected chi connectivity index (χ3v) is 2.78. The fourth-order valence-corrected chi connectivity index (χ4v) is 1.94. The highest BCUT2D eigenvalue weighted by Gasteiger charge is 2.22. The van der Waals surface area contributed by atoms with Crippen LogP contribution in [-0.2, 0) is 12.8 Å². The van der Waals surface area contributed by atoms with Gasteiger partial charge in [-0.3, -0.25) is 4.57 Å². The van der Waals surface area contributed by atoms with Crippen molar-refractivity contribution in [1.82, 2.24) is 19.7 Å². The minimum absolute atomic E-state index is 0.416. The van der Waals surface area contributed by atoms with E-state index in [1.807, 2.05) is 18.7 Å². The Hall–Kier alpha value is -0.940. The first-order valence-corrected chi connectivity index (χ1v) is 5.44. The standard InChI is InChI=1S/C10H18N4O/c1-13(2)7-6-9-12-11-8-4-3-5-10(15)14(8)9/h10,15H,3-7H2,1-2H3. The molecule has 15 heavy (non-hydrogen) atoms. The molecule has 0 aromatic carbocycles. The van der Waals surface area contributed by atoms with Gasteiger partial charge in [-0.2, -0.15) is 0 Å². The van der Waals surface area contributed by atoms with Gasteiger partial charge >= 0.3 is 0 Å². The van der Waals surface area contributed by atoms with Gasteiger partial charge in [0, 0.05) is 19.4 Å². The van der Waals surface area contributed by atoms with Gasteiger partial charge < -0.3 is 10.0 Å². The number of hydrogen-bond donors (Lipinski definition) is 1. The first kappa shape index (κ1) is 10.6. The Labute approximate surface area is 89.7 Å². The second-order valence-electron chi connectivity index (χ2n) is 4.33. The van der Waals surface area contributed by atoms with Gasteiger partial charge in [-0.05, 0) is 26.9 Å². The number of hydrogen-bond acceptors (Lipinski definition) is 4. The SMILES string of the molecule is CN(C)CCc1nnc2n1C(O)CCC2. The second kappa shape index (κ2) is 4.28. The van der Waals surface area contributed by atoms with Crippen LogP contribution in [0.5, 0.6) is 0 Å². The third kappa shape index (κ3) is 2.18. The summed E-state index contributed by atoms with van der Waals surface area (Å²) < 4.78 is 1.90. The van der Waals surface area contributed by atoms with Gasteiger partial charge in [0.2, 0.25) is 0 Å². The molecule has 2 heterocycles. The van der Waals surface area contributed by atoms with Crippen molar-refractivity contribution in [3.8, 4) is 0 Å². The van der Waals surface area contributed by atoms with Crippen LogP contribution in [0.25, 0.3) is 0 Å². The average molecular weight is 210 g/mol. The van der Waals surface area contributed by atoms with Crippen LogP contribution in [0.1, 0.15) is 30.7 Å². The summed E-state index contributed by atoms with van der Waals surface area (Å²) in [5, 5.41) is 18.1. The molecule has 0 aliphatic carbocycles. The van der Waals surface area contributed by atoms with Crippen molar-refractivity contribution in [2.24, 2.45) is 0 Å². The molecule has 5 heteroatoms. The highest BCUT2D eigenvalue weighted by molar-refractivity contribution is 5.01. The molecule has 84 valence electrons. The van der Waals surface area contributed by atoms with E-state index in [0.29, 0.717) is 0 Å². The molecule has 0 saturated carbocycles. The lowest BCUT2D eigenvalue weighted by atomic mass is 10.1. The number of nitrogens with zero attached hydrogens (tertiary/aromatic N) is 4. The summed E-state index contributed by atoms with van der Waals surface area (Å²) >= 11 is 0. The second-order valence-corrected chi connectivity index (χ2v) is 4.33. The molecule has 0 radical (unpaired) electrons. The van der Waals surface area contributed by atoms with Gasteiger partial charge in [0.05, 0.1) is 0 Å². The molecule has 1 aliphatic heterocycles. The number of fused-ring (bicyclic) bond motifs is 1. The molecule has 1 atom stereocenters. The van der Waals surface area contributed by atoms with Crippen LogP contribution in [0.15, 0.2) is 0 Å². The quantitative estimate of drug-likeness (QED) is 0.775. The molecular formula is C10H18N4O. The average Bonchev–Trinajstić information content (AvgIpc) is 2.59. The number of aliphatic hydroxyl groups is 1. The van der Waals surface area contributed by atoms with Crippen molar-refractivity contribution in [3.63, 3.8) is 0 Å². The van der Waals surface area contributed by atoms with E-state index in [1.54, 1.807) is 0 Å². The fourth-order valence-electron chi connectivity index (χ4n) is 1.94. The lowest BCUT2D eigenvalue weighted by molar-refractivity contribution is 0.0746. The number of aryl methyl sites for hydroxylation is 1. The highest BCUT2D eigenvalue weighted by Crippen LogP contribution is 2.22. The van der Waals surface area contributed by atoms with Gasteiger partial charge in [0.25, 0.3) is 0 Å². The summed E-state index contributed by atoms with van der Waals surface area (Å²) in [6, 6.07) is 0. The lowest BCUT2D eigenvalue weighted by Gasteiger charge is -2.21. The molecule has 1 aromatic rings. The van der Waals surface area contributed by atoms with Crippen LogP contribution in [0.3, 0.4) is 0 Å². The van der Waals surface area contributed by atoms with Crippen LogP contribution >= 0.6 is 0 Å². The van der Waals surface area contributed by atoms with E-state index in [4.69, 9.17) is 0 Å². The van der Waals surface area contributed by atoms with Crippen molar-refractivity contribution >= 4 is 0 Å². The molecule has 2 rings (SSSR count). The summed E-state index contributed by atoms with van der Waals surface area (Å²) in [6.07, 6.45) is 3.19. The van der Waals surface area contributed by atoms with E-state index < -0.39 is 6.23 Å². The smallest absolute Gasteiger partial charge is 0.136 e. The fraction of sp³-hybridized carbons (Fsp3) is 0.800. The molecule has 0 amide bonds. The zero-order valence-electron chi connectivity index (χ0n) is 9.35. The molecule has 5 nitrogen and oxygen atoms in total. The van der Waals surface area contributed by atoms with Crippen molar-refractivity contribution in [1.29, 1.82) is 0 Å². The van der Waals surface area contributed by atoms with Crippen LogP contribution < -0.4 is 0 Å². The summed E-state index contributed by atoms with van der Waals surface area (Å²) in [6.45, 7) is 0.935. The van der Waals surface area contributed by atoms with E-state index in [2.05, 4.69) is 15.1 Å². The van der Waals surface area contributed by atoms with Gasteiger partial charge in [0.15, 0.2) is 0 Å². The largest absolute Gasteiger partial charge is 0.373 e. The summed E-state index contributed by atoms with van der Waals surface area (Å²) in [4.78, 5) is 2.11. The van der Waals surface area contributed by atoms with Gasteiger partial charge in [-0.1, -0.05) is 0 Å². The molecule has 0 saturated heterocycles. The number of rotatable bonds is 3. The minimum Gasteiger partial charge on any atom is -0.373 e.